The Bertz CT molecular complexity index is 735. The van der Waals surface area contributed by atoms with Gasteiger partial charge in [-0.25, -0.2) is 4.79 Å². The van der Waals surface area contributed by atoms with Crippen LogP contribution in [0.5, 0.6) is 5.75 Å². The van der Waals surface area contributed by atoms with Crippen LogP contribution in [-0.2, 0) is 6.54 Å². The van der Waals surface area contributed by atoms with E-state index in [2.05, 4.69) is 5.32 Å². The van der Waals surface area contributed by atoms with E-state index >= 15 is 0 Å². The van der Waals surface area contributed by atoms with Gasteiger partial charge in [0.2, 0.25) is 0 Å². The second kappa shape index (κ2) is 8.54. The molecule has 3 rings (SSSR count). The number of phenolic OH excluding ortho intramolecular Hbond substituents is 1. The molecule has 0 atom stereocenters. The van der Waals surface area contributed by atoms with E-state index in [4.69, 9.17) is 4.42 Å². The summed E-state index contributed by atoms with van der Waals surface area (Å²) in [4.78, 5) is 11.6. The molecule has 0 spiro atoms. The molecule has 0 amide bonds. The van der Waals surface area contributed by atoms with Crippen LogP contribution in [0.15, 0.2) is 27.4 Å². The van der Waals surface area contributed by atoms with Crippen molar-refractivity contribution in [1.82, 2.24) is 5.32 Å². The Morgan fingerprint density at radius 1 is 1.25 bits per heavy atom. The topological polar surface area (TPSA) is 62.5 Å². The van der Waals surface area contributed by atoms with Gasteiger partial charge in [-0.05, 0) is 43.5 Å². The van der Waals surface area contributed by atoms with Gasteiger partial charge in [-0.15, -0.1) is 12.4 Å². The van der Waals surface area contributed by atoms with Crippen molar-refractivity contribution in [2.24, 2.45) is 5.92 Å². The molecule has 1 aromatic carbocycles. The third-order valence-electron chi connectivity index (χ3n) is 4.95. The normalized spacial score (nSPS) is 15.4. The largest absolute Gasteiger partial charge is 0.507 e. The van der Waals surface area contributed by atoms with Crippen molar-refractivity contribution in [1.29, 1.82) is 0 Å². The average molecular weight is 352 g/mol. The lowest BCUT2D eigenvalue weighted by molar-refractivity contribution is 0.333. The van der Waals surface area contributed by atoms with Gasteiger partial charge < -0.3 is 14.8 Å². The van der Waals surface area contributed by atoms with Gasteiger partial charge >= 0.3 is 5.63 Å². The lowest BCUT2D eigenvalue weighted by Gasteiger charge is -2.21. The highest BCUT2D eigenvalue weighted by Gasteiger charge is 2.14. The standard InChI is InChI=1S/C19H25NO3.ClH/c1-13-11-18(22)23-19-15(13)7-8-17(21)16(19)12-20-10-9-14-5-3-2-4-6-14;/h7-8,11,14,20-21H,2-6,9-10,12H2,1H3;1H. The van der Waals surface area contributed by atoms with Gasteiger partial charge in [-0.3, -0.25) is 0 Å². The van der Waals surface area contributed by atoms with E-state index in [0.29, 0.717) is 17.7 Å². The smallest absolute Gasteiger partial charge is 0.336 e. The number of benzene rings is 1. The molecule has 0 unspecified atom stereocenters. The average Bonchev–Trinajstić information content (AvgIpc) is 2.54. The zero-order chi connectivity index (χ0) is 16.2. The molecule has 1 saturated carbocycles. The minimum absolute atomic E-state index is 0. The summed E-state index contributed by atoms with van der Waals surface area (Å²) in [6, 6.07) is 4.96. The van der Waals surface area contributed by atoms with Crippen molar-refractivity contribution in [3.63, 3.8) is 0 Å². The summed E-state index contributed by atoms with van der Waals surface area (Å²) in [5.41, 5.74) is 1.68. The maximum absolute atomic E-state index is 11.6. The molecule has 0 aliphatic heterocycles. The number of nitrogens with one attached hydrogen (secondary N) is 1. The lowest BCUT2D eigenvalue weighted by atomic mass is 9.87. The van der Waals surface area contributed by atoms with E-state index in [-0.39, 0.29) is 23.8 Å². The summed E-state index contributed by atoms with van der Waals surface area (Å²) in [5.74, 6) is 1.01. The van der Waals surface area contributed by atoms with Crippen LogP contribution in [-0.4, -0.2) is 11.7 Å². The number of rotatable bonds is 5. The highest BCUT2D eigenvalue weighted by atomic mass is 35.5. The van der Waals surface area contributed by atoms with Gasteiger partial charge in [-0.1, -0.05) is 32.1 Å². The minimum atomic E-state index is -0.371. The predicted molar refractivity (Wildman–Crippen MR) is 99.0 cm³/mol. The maximum Gasteiger partial charge on any atom is 0.336 e. The molecule has 1 aliphatic carbocycles. The molecule has 2 N–H and O–H groups in total. The van der Waals surface area contributed by atoms with Crippen molar-refractivity contribution in [3.8, 4) is 5.75 Å². The summed E-state index contributed by atoms with van der Waals surface area (Å²) in [6.45, 7) is 3.33. The van der Waals surface area contributed by atoms with Crippen LogP contribution in [0, 0.1) is 12.8 Å². The molecule has 2 aromatic rings. The van der Waals surface area contributed by atoms with E-state index in [0.717, 1.165) is 23.4 Å². The van der Waals surface area contributed by atoms with Crippen LogP contribution >= 0.6 is 12.4 Å². The molecule has 1 aliphatic rings. The number of aryl methyl sites for hydroxylation is 1. The van der Waals surface area contributed by atoms with Crippen LogP contribution in [0.1, 0.15) is 49.7 Å². The molecular formula is C19H26ClNO3. The van der Waals surface area contributed by atoms with Crippen LogP contribution in [0.25, 0.3) is 11.0 Å². The van der Waals surface area contributed by atoms with Gasteiger partial charge in [0, 0.05) is 18.0 Å². The first-order valence-electron chi connectivity index (χ1n) is 8.61. The summed E-state index contributed by atoms with van der Waals surface area (Å²) in [5, 5.41) is 14.4. The number of hydrogen-bond donors (Lipinski definition) is 2. The van der Waals surface area contributed by atoms with E-state index in [1.54, 1.807) is 12.1 Å². The van der Waals surface area contributed by atoms with Crippen LogP contribution in [0.3, 0.4) is 0 Å². The number of hydrogen-bond acceptors (Lipinski definition) is 4. The fraction of sp³-hybridized carbons (Fsp3) is 0.526. The first-order chi connectivity index (χ1) is 11.1. The third-order valence-corrected chi connectivity index (χ3v) is 4.95. The van der Waals surface area contributed by atoms with Crippen LogP contribution < -0.4 is 10.9 Å². The second-order valence-corrected chi connectivity index (χ2v) is 6.66. The Hall–Kier alpha value is -1.52. The third kappa shape index (κ3) is 4.31. The Kier molecular flexibility index (Phi) is 6.69. The summed E-state index contributed by atoms with van der Waals surface area (Å²) >= 11 is 0. The van der Waals surface area contributed by atoms with Gasteiger partial charge in [0.25, 0.3) is 0 Å². The Morgan fingerprint density at radius 3 is 2.75 bits per heavy atom. The van der Waals surface area contributed by atoms with Gasteiger partial charge in [0.05, 0.1) is 5.56 Å². The Balaban J connectivity index is 0.00000208. The SMILES string of the molecule is Cc1cc(=O)oc2c(CNCCC3CCCCC3)c(O)ccc12.Cl. The predicted octanol–water partition coefficient (Wildman–Crippen LogP) is 4.29. The quantitative estimate of drug-likeness (QED) is 0.623. The van der Waals surface area contributed by atoms with E-state index in [1.165, 1.54) is 44.6 Å². The van der Waals surface area contributed by atoms with Gasteiger partial charge in [0.1, 0.15) is 11.3 Å². The zero-order valence-corrected chi connectivity index (χ0v) is 15.0. The zero-order valence-electron chi connectivity index (χ0n) is 14.1. The molecule has 24 heavy (non-hydrogen) atoms. The lowest BCUT2D eigenvalue weighted by Crippen LogP contribution is -2.19. The summed E-state index contributed by atoms with van der Waals surface area (Å²) < 4.78 is 5.35. The number of halogens is 1. The highest BCUT2D eigenvalue weighted by molar-refractivity contribution is 5.85. The fourth-order valence-electron chi connectivity index (χ4n) is 3.60. The first kappa shape index (κ1) is 18.8. The van der Waals surface area contributed by atoms with Gasteiger partial charge in [0.15, 0.2) is 0 Å². The number of aromatic hydroxyl groups is 1. The number of phenols is 1. The summed E-state index contributed by atoms with van der Waals surface area (Å²) in [7, 11) is 0. The van der Waals surface area contributed by atoms with E-state index < -0.39 is 0 Å². The molecule has 1 aromatic heterocycles. The molecule has 0 bridgehead atoms. The highest BCUT2D eigenvalue weighted by Crippen LogP contribution is 2.28. The first-order valence-corrected chi connectivity index (χ1v) is 8.61. The molecular weight excluding hydrogens is 326 g/mol. The van der Waals surface area contributed by atoms with Crippen molar-refractivity contribution in [3.05, 3.63) is 39.7 Å². The Labute approximate surface area is 148 Å². The molecule has 1 heterocycles. The molecule has 132 valence electrons. The van der Waals surface area contributed by atoms with E-state index in [9.17, 15) is 9.90 Å². The molecule has 4 nitrogen and oxygen atoms in total. The van der Waals surface area contributed by atoms with Crippen LogP contribution in [0.2, 0.25) is 0 Å². The summed E-state index contributed by atoms with van der Waals surface area (Å²) in [6.07, 6.45) is 7.96. The number of fused-ring (bicyclic) bond motifs is 1. The minimum Gasteiger partial charge on any atom is -0.507 e. The van der Waals surface area contributed by atoms with Crippen molar-refractivity contribution in [2.45, 2.75) is 52.0 Å². The van der Waals surface area contributed by atoms with Crippen molar-refractivity contribution >= 4 is 23.4 Å². The van der Waals surface area contributed by atoms with Gasteiger partial charge in [-0.2, -0.15) is 0 Å². The second-order valence-electron chi connectivity index (χ2n) is 6.66. The van der Waals surface area contributed by atoms with Crippen LogP contribution in [0.4, 0.5) is 0 Å². The van der Waals surface area contributed by atoms with E-state index in [1.807, 2.05) is 6.92 Å². The Morgan fingerprint density at radius 2 is 2.00 bits per heavy atom. The molecule has 0 saturated heterocycles. The maximum atomic E-state index is 11.6. The molecule has 5 heteroatoms. The van der Waals surface area contributed by atoms with Crippen molar-refractivity contribution in [2.75, 3.05) is 6.54 Å². The fourth-order valence-corrected chi connectivity index (χ4v) is 3.60. The molecule has 0 radical (unpaired) electrons. The van der Waals surface area contributed by atoms with Crippen molar-refractivity contribution < 1.29 is 9.52 Å². The molecule has 1 fully saturated rings. The monoisotopic (exact) mass is 351 g/mol.